The molecule has 0 amide bonds. The third-order valence-electron chi connectivity index (χ3n) is 7.12. The summed E-state index contributed by atoms with van der Waals surface area (Å²) in [7, 11) is 2.09. The maximum Gasteiger partial charge on any atom is 0.219 e. The smallest absolute Gasteiger partial charge is 0.219 e. The van der Waals surface area contributed by atoms with Crippen molar-refractivity contribution in [2.45, 2.75) is 0 Å². The van der Waals surface area contributed by atoms with Crippen LogP contribution in [0.4, 0.5) is 5.69 Å². The van der Waals surface area contributed by atoms with Gasteiger partial charge in [0.2, 0.25) is 5.88 Å². The summed E-state index contributed by atoms with van der Waals surface area (Å²) in [5.74, 6) is 2.80. The molecule has 1 aliphatic heterocycles. The molecule has 4 aromatic carbocycles. The zero-order chi connectivity index (χ0) is 26.6. The summed E-state index contributed by atoms with van der Waals surface area (Å²) < 4.78 is 17.8. The predicted molar refractivity (Wildman–Crippen MR) is 167 cm³/mol. The van der Waals surface area contributed by atoms with Gasteiger partial charge in [-0.3, -0.25) is 0 Å². The number of fused-ring (bicyclic) bond motifs is 6. The van der Waals surface area contributed by atoms with E-state index in [0.29, 0.717) is 11.6 Å². The van der Waals surface area contributed by atoms with Gasteiger partial charge in [-0.2, -0.15) is 0 Å². The lowest BCUT2D eigenvalue weighted by molar-refractivity contribution is 0.452. The van der Waals surface area contributed by atoms with Crippen LogP contribution in [-0.2, 0) is 0 Å². The monoisotopic (exact) mass is 557 g/mol. The van der Waals surface area contributed by atoms with Gasteiger partial charge in [-0.05, 0) is 30.3 Å². The molecular weight excluding hydrogens is 535 g/mol. The van der Waals surface area contributed by atoms with Gasteiger partial charge in [-0.15, -0.1) is 22.7 Å². The number of rotatable bonds is 5. The molecule has 0 fully saturated rings. The first kappa shape index (κ1) is 23.3. The number of aromatic nitrogens is 1. The zero-order valence-corrected chi connectivity index (χ0v) is 23.2. The standard InChI is InChI=1S/C33H23N3O2S2/c1-35-14-15-36(20-35)27-18-21(16-25-23-8-2-4-10-29(23)39-32(25)27)37-28-19-22(38-31-12-6-7-13-34-31)17-26-24-9-3-5-11-30(24)40-33(26)28/h2-19H,20H2,1H3. The molecule has 0 N–H and O–H groups in total. The minimum atomic E-state index is 0.547. The number of pyridine rings is 1. The number of nitrogens with zero attached hydrogens (tertiary/aromatic N) is 3. The van der Waals surface area contributed by atoms with Gasteiger partial charge in [0.1, 0.15) is 17.2 Å². The summed E-state index contributed by atoms with van der Waals surface area (Å²) in [6.07, 6.45) is 5.97. The molecule has 0 unspecified atom stereocenters. The largest absolute Gasteiger partial charge is 0.456 e. The molecule has 7 heteroatoms. The van der Waals surface area contributed by atoms with Crippen LogP contribution >= 0.6 is 22.7 Å². The second kappa shape index (κ2) is 9.26. The van der Waals surface area contributed by atoms with Crippen LogP contribution in [0.5, 0.6) is 23.1 Å². The van der Waals surface area contributed by atoms with Crippen molar-refractivity contribution in [2.24, 2.45) is 0 Å². The van der Waals surface area contributed by atoms with Gasteiger partial charge in [-0.25, -0.2) is 4.98 Å². The van der Waals surface area contributed by atoms with Crippen molar-refractivity contribution < 1.29 is 9.47 Å². The molecular formula is C33H23N3O2S2. The van der Waals surface area contributed by atoms with Crippen LogP contribution in [0.1, 0.15) is 0 Å². The first-order valence-corrected chi connectivity index (χ1v) is 14.7. The van der Waals surface area contributed by atoms with Crippen LogP contribution in [-0.4, -0.2) is 23.6 Å². The molecule has 4 heterocycles. The SMILES string of the molecule is CN1C=CN(c2cc(Oc3cc(Oc4ccccn4)cc4c3sc3ccccc34)cc3c2sc2ccccc23)C1. The Labute approximate surface area is 238 Å². The molecule has 0 spiro atoms. The summed E-state index contributed by atoms with van der Waals surface area (Å²) in [5, 5.41) is 4.73. The molecule has 3 aromatic heterocycles. The molecule has 0 radical (unpaired) electrons. The van der Waals surface area contributed by atoms with E-state index in [2.05, 4.69) is 101 Å². The molecule has 0 aliphatic carbocycles. The molecule has 0 saturated heterocycles. The Balaban J connectivity index is 1.31. The fraction of sp³-hybridized carbons (Fsp3) is 0.0606. The molecule has 0 saturated carbocycles. The molecule has 194 valence electrons. The first-order valence-electron chi connectivity index (χ1n) is 13.0. The molecule has 1 aliphatic rings. The van der Waals surface area contributed by atoms with Gasteiger partial charge in [0, 0.05) is 74.8 Å². The van der Waals surface area contributed by atoms with Gasteiger partial charge < -0.3 is 19.3 Å². The van der Waals surface area contributed by atoms with E-state index in [9.17, 15) is 0 Å². The van der Waals surface area contributed by atoms with E-state index in [4.69, 9.17) is 9.47 Å². The van der Waals surface area contributed by atoms with E-state index in [1.54, 1.807) is 17.5 Å². The van der Waals surface area contributed by atoms with Crippen molar-refractivity contribution in [3.63, 3.8) is 0 Å². The highest BCUT2D eigenvalue weighted by Gasteiger charge is 2.20. The summed E-state index contributed by atoms with van der Waals surface area (Å²) >= 11 is 3.56. The van der Waals surface area contributed by atoms with E-state index in [1.807, 2.05) is 35.6 Å². The molecule has 0 bridgehead atoms. The van der Waals surface area contributed by atoms with Crippen LogP contribution in [0, 0.1) is 0 Å². The second-order valence-corrected chi connectivity index (χ2v) is 12.0. The van der Waals surface area contributed by atoms with Gasteiger partial charge in [0.15, 0.2) is 0 Å². The average Bonchev–Trinajstić information content (AvgIpc) is 3.69. The van der Waals surface area contributed by atoms with Gasteiger partial charge in [0.25, 0.3) is 0 Å². The van der Waals surface area contributed by atoms with Crippen molar-refractivity contribution in [3.05, 3.63) is 110 Å². The van der Waals surface area contributed by atoms with Crippen LogP contribution in [0.2, 0.25) is 0 Å². The third-order valence-corrected chi connectivity index (χ3v) is 9.53. The highest BCUT2D eigenvalue weighted by molar-refractivity contribution is 7.26. The topological polar surface area (TPSA) is 37.8 Å². The Kier molecular flexibility index (Phi) is 5.40. The Morgan fingerprint density at radius 1 is 0.675 bits per heavy atom. The van der Waals surface area contributed by atoms with Crippen LogP contribution in [0.3, 0.4) is 0 Å². The number of anilines is 1. The Hall–Kier alpha value is -4.59. The molecule has 5 nitrogen and oxygen atoms in total. The molecule has 7 aromatic rings. The number of hydrogen-bond donors (Lipinski definition) is 0. The number of ether oxygens (including phenoxy) is 2. The van der Waals surface area contributed by atoms with Crippen molar-refractivity contribution in [2.75, 3.05) is 18.6 Å². The Bertz CT molecular complexity index is 2080. The number of thiophene rings is 2. The second-order valence-electron chi connectivity index (χ2n) is 9.85. The van der Waals surface area contributed by atoms with Crippen molar-refractivity contribution >= 4 is 68.7 Å². The van der Waals surface area contributed by atoms with E-state index in [0.717, 1.165) is 33.9 Å². The summed E-state index contributed by atoms with van der Waals surface area (Å²) in [6, 6.07) is 31.1. The minimum absolute atomic E-state index is 0.547. The van der Waals surface area contributed by atoms with Crippen molar-refractivity contribution in [1.82, 2.24) is 9.88 Å². The number of benzene rings is 4. The third kappa shape index (κ3) is 3.94. The number of hydrogen-bond acceptors (Lipinski definition) is 7. The quantitative estimate of drug-likeness (QED) is 0.211. The first-order chi connectivity index (χ1) is 19.7. The summed E-state index contributed by atoms with van der Waals surface area (Å²) in [6.45, 7) is 0.792. The molecule has 8 rings (SSSR count). The maximum absolute atomic E-state index is 6.80. The van der Waals surface area contributed by atoms with E-state index < -0.39 is 0 Å². The average molecular weight is 558 g/mol. The van der Waals surface area contributed by atoms with Crippen LogP contribution < -0.4 is 14.4 Å². The lowest BCUT2D eigenvalue weighted by atomic mass is 10.1. The highest BCUT2D eigenvalue weighted by Crippen LogP contribution is 2.47. The van der Waals surface area contributed by atoms with Crippen LogP contribution in [0.15, 0.2) is 110 Å². The highest BCUT2D eigenvalue weighted by atomic mass is 32.1. The van der Waals surface area contributed by atoms with E-state index >= 15 is 0 Å². The lowest BCUT2D eigenvalue weighted by Crippen LogP contribution is -2.21. The minimum Gasteiger partial charge on any atom is -0.456 e. The predicted octanol–water partition coefficient (Wildman–Crippen LogP) is 9.58. The van der Waals surface area contributed by atoms with Crippen molar-refractivity contribution in [1.29, 1.82) is 0 Å². The normalized spacial score (nSPS) is 13.3. The van der Waals surface area contributed by atoms with E-state index in [-0.39, 0.29) is 0 Å². The summed E-state index contributed by atoms with van der Waals surface area (Å²) in [4.78, 5) is 8.81. The Morgan fingerprint density at radius 2 is 1.35 bits per heavy atom. The Morgan fingerprint density at radius 3 is 2.05 bits per heavy atom. The zero-order valence-electron chi connectivity index (χ0n) is 21.6. The van der Waals surface area contributed by atoms with Gasteiger partial charge in [0.05, 0.1) is 21.8 Å². The van der Waals surface area contributed by atoms with Gasteiger partial charge >= 0.3 is 0 Å². The van der Waals surface area contributed by atoms with Crippen LogP contribution in [0.25, 0.3) is 40.3 Å². The van der Waals surface area contributed by atoms with Gasteiger partial charge in [-0.1, -0.05) is 42.5 Å². The van der Waals surface area contributed by atoms with Crippen molar-refractivity contribution in [3.8, 4) is 23.1 Å². The van der Waals surface area contributed by atoms with E-state index in [1.165, 1.54) is 30.3 Å². The molecule has 0 atom stereocenters. The fourth-order valence-corrected chi connectivity index (χ4v) is 7.65. The fourth-order valence-electron chi connectivity index (χ4n) is 5.30. The molecule has 40 heavy (non-hydrogen) atoms. The lowest BCUT2D eigenvalue weighted by Gasteiger charge is -2.20. The summed E-state index contributed by atoms with van der Waals surface area (Å²) in [5.41, 5.74) is 1.14. The maximum atomic E-state index is 6.80.